The molecule has 0 fully saturated rings. The van der Waals surface area contributed by atoms with Crippen LogP contribution in [0.2, 0.25) is 4.34 Å². The smallest absolute Gasteiger partial charge is 0.257 e. The Bertz CT molecular complexity index is 1080. The lowest BCUT2D eigenvalue weighted by molar-refractivity contribution is 0.102. The first-order valence-corrected chi connectivity index (χ1v) is 10.1. The molecule has 0 radical (unpaired) electrons. The lowest BCUT2D eigenvalue weighted by atomic mass is 10.2. The summed E-state index contributed by atoms with van der Waals surface area (Å²) in [6.07, 6.45) is 0. The SMILES string of the molecule is O=C(Nc1nc(-c2ccc(Cl)s2)cs1)c1cccc(Oc2ccccc2)c1. The highest BCUT2D eigenvalue weighted by Crippen LogP contribution is 2.33. The summed E-state index contributed by atoms with van der Waals surface area (Å²) in [6, 6.07) is 20.2. The Morgan fingerprint density at radius 1 is 1.00 bits per heavy atom. The fourth-order valence-electron chi connectivity index (χ4n) is 2.39. The predicted octanol–water partition coefficient (Wildman–Crippen LogP) is 6.57. The number of hydrogen-bond acceptors (Lipinski definition) is 5. The second-order valence-corrected chi connectivity index (χ2v) is 8.11. The Morgan fingerprint density at radius 2 is 1.81 bits per heavy atom. The van der Waals surface area contributed by atoms with Gasteiger partial charge in [0, 0.05) is 10.9 Å². The van der Waals surface area contributed by atoms with Crippen molar-refractivity contribution in [2.45, 2.75) is 0 Å². The van der Waals surface area contributed by atoms with Gasteiger partial charge in [-0.3, -0.25) is 10.1 Å². The van der Waals surface area contributed by atoms with Crippen molar-refractivity contribution >= 4 is 45.3 Å². The van der Waals surface area contributed by atoms with Crippen LogP contribution in [0.5, 0.6) is 11.5 Å². The number of nitrogens with zero attached hydrogens (tertiary/aromatic N) is 1. The Morgan fingerprint density at radius 3 is 2.59 bits per heavy atom. The van der Waals surface area contributed by atoms with Crippen LogP contribution in [0.1, 0.15) is 10.4 Å². The van der Waals surface area contributed by atoms with Gasteiger partial charge < -0.3 is 4.74 Å². The van der Waals surface area contributed by atoms with Crippen molar-refractivity contribution in [1.82, 2.24) is 4.98 Å². The number of para-hydroxylation sites is 1. The third-order valence-corrected chi connectivity index (χ3v) is 5.64. The molecule has 2 aromatic heterocycles. The molecule has 134 valence electrons. The van der Waals surface area contributed by atoms with Crippen LogP contribution in [0.15, 0.2) is 72.1 Å². The third kappa shape index (κ3) is 4.36. The Balaban J connectivity index is 1.47. The molecule has 0 aliphatic heterocycles. The van der Waals surface area contributed by atoms with Crippen molar-refractivity contribution in [2.24, 2.45) is 0 Å². The number of ether oxygens (including phenoxy) is 1. The molecule has 7 heteroatoms. The fraction of sp³-hybridized carbons (Fsp3) is 0. The number of thiazole rings is 1. The van der Waals surface area contributed by atoms with E-state index in [1.54, 1.807) is 18.2 Å². The quantitative estimate of drug-likeness (QED) is 0.403. The Hall–Kier alpha value is -2.67. The van der Waals surface area contributed by atoms with Crippen molar-refractivity contribution in [2.75, 3.05) is 5.32 Å². The number of hydrogen-bond donors (Lipinski definition) is 1. The summed E-state index contributed by atoms with van der Waals surface area (Å²) < 4.78 is 6.49. The zero-order valence-corrected chi connectivity index (χ0v) is 16.3. The number of carbonyl (C=O) groups is 1. The summed E-state index contributed by atoms with van der Waals surface area (Å²) in [6.45, 7) is 0. The van der Waals surface area contributed by atoms with Gasteiger partial charge in [-0.25, -0.2) is 4.98 Å². The maximum atomic E-state index is 12.6. The minimum atomic E-state index is -0.237. The molecule has 0 unspecified atom stereocenters. The number of benzene rings is 2. The number of thiophene rings is 1. The molecule has 27 heavy (non-hydrogen) atoms. The van der Waals surface area contributed by atoms with Gasteiger partial charge in [-0.1, -0.05) is 35.9 Å². The molecule has 4 rings (SSSR count). The average molecular weight is 413 g/mol. The summed E-state index contributed by atoms with van der Waals surface area (Å²) in [4.78, 5) is 18.0. The summed E-state index contributed by atoms with van der Waals surface area (Å²) in [5.41, 5.74) is 1.30. The highest BCUT2D eigenvalue weighted by Gasteiger charge is 2.12. The van der Waals surface area contributed by atoms with E-state index in [2.05, 4.69) is 10.3 Å². The van der Waals surface area contributed by atoms with Crippen LogP contribution in [0.25, 0.3) is 10.6 Å². The maximum absolute atomic E-state index is 12.6. The number of anilines is 1. The minimum Gasteiger partial charge on any atom is -0.457 e. The number of carbonyl (C=O) groups excluding carboxylic acids is 1. The van der Waals surface area contributed by atoms with E-state index in [9.17, 15) is 4.79 Å². The van der Waals surface area contributed by atoms with Crippen LogP contribution in [-0.4, -0.2) is 10.9 Å². The summed E-state index contributed by atoms with van der Waals surface area (Å²) >= 11 is 8.79. The molecule has 0 bridgehead atoms. The molecule has 1 N–H and O–H groups in total. The number of halogens is 1. The topological polar surface area (TPSA) is 51.2 Å². The van der Waals surface area contributed by atoms with Gasteiger partial charge in [0.15, 0.2) is 5.13 Å². The normalized spacial score (nSPS) is 10.6. The van der Waals surface area contributed by atoms with Crippen LogP contribution in [-0.2, 0) is 0 Å². The summed E-state index contributed by atoms with van der Waals surface area (Å²) in [7, 11) is 0. The van der Waals surface area contributed by atoms with Crippen LogP contribution < -0.4 is 10.1 Å². The van der Waals surface area contributed by atoms with Crippen molar-refractivity contribution in [1.29, 1.82) is 0 Å². The lowest BCUT2D eigenvalue weighted by Gasteiger charge is -2.07. The molecule has 0 aliphatic rings. The van der Waals surface area contributed by atoms with Crippen LogP contribution >= 0.6 is 34.3 Å². The van der Waals surface area contributed by atoms with Gasteiger partial charge in [0.2, 0.25) is 0 Å². The third-order valence-electron chi connectivity index (χ3n) is 3.63. The van der Waals surface area contributed by atoms with Gasteiger partial charge in [-0.05, 0) is 42.5 Å². The van der Waals surface area contributed by atoms with E-state index >= 15 is 0 Å². The Labute approximate surface area is 169 Å². The predicted molar refractivity (Wildman–Crippen MR) is 111 cm³/mol. The Kier molecular flexibility index (Phi) is 5.20. The number of amides is 1. The van der Waals surface area contributed by atoms with Gasteiger partial charge in [-0.2, -0.15) is 0 Å². The van der Waals surface area contributed by atoms with Gasteiger partial charge >= 0.3 is 0 Å². The second-order valence-electron chi connectivity index (χ2n) is 5.54. The van der Waals surface area contributed by atoms with E-state index in [4.69, 9.17) is 16.3 Å². The molecule has 0 saturated heterocycles. The van der Waals surface area contributed by atoms with Crippen LogP contribution in [0, 0.1) is 0 Å². The van der Waals surface area contributed by atoms with E-state index in [-0.39, 0.29) is 5.91 Å². The molecule has 0 saturated carbocycles. The highest BCUT2D eigenvalue weighted by atomic mass is 35.5. The molecule has 4 aromatic rings. The summed E-state index contributed by atoms with van der Waals surface area (Å²) in [5, 5.41) is 5.26. The van der Waals surface area contributed by atoms with E-state index in [1.165, 1.54) is 22.7 Å². The van der Waals surface area contributed by atoms with Gasteiger partial charge in [0.1, 0.15) is 11.5 Å². The van der Waals surface area contributed by atoms with Crippen LogP contribution in [0.4, 0.5) is 5.13 Å². The first-order chi connectivity index (χ1) is 13.2. The molecular weight excluding hydrogens is 400 g/mol. The van der Waals surface area contributed by atoms with Gasteiger partial charge in [-0.15, -0.1) is 22.7 Å². The van der Waals surface area contributed by atoms with Crippen molar-refractivity contribution in [3.05, 3.63) is 82.0 Å². The fourth-order valence-corrected chi connectivity index (χ4v) is 4.17. The molecular formula is C20H13ClN2O2S2. The van der Waals surface area contributed by atoms with Crippen LogP contribution in [0.3, 0.4) is 0 Å². The monoisotopic (exact) mass is 412 g/mol. The zero-order chi connectivity index (χ0) is 18.6. The van der Waals surface area contributed by atoms with E-state index in [1.807, 2.05) is 53.9 Å². The zero-order valence-electron chi connectivity index (χ0n) is 13.9. The largest absolute Gasteiger partial charge is 0.457 e. The van der Waals surface area contributed by atoms with Gasteiger partial charge in [0.05, 0.1) is 14.9 Å². The summed E-state index contributed by atoms with van der Waals surface area (Å²) in [5.74, 6) is 1.08. The molecule has 0 aliphatic carbocycles. The molecule has 4 nitrogen and oxygen atoms in total. The number of aromatic nitrogens is 1. The van der Waals surface area contributed by atoms with E-state index in [0.717, 1.165) is 10.6 Å². The van der Waals surface area contributed by atoms with Crippen molar-refractivity contribution in [3.63, 3.8) is 0 Å². The second kappa shape index (κ2) is 7.92. The molecule has 1 amide bonds. The van der Waals surface area contributed by atoms with Crippen molar-refractivity contribution in [3.8, 4) is 22.1 Å². The first-order valence-electron chi connectivity index (χ1n) is 8.03. The van der Waals surface area contributed by atoms with Crippen molar-refractivity contribution < 1.29 is 9.53 Å². The highest BCUT2D eigenvalue weighted by molar-refractivity contribution is 7.20. The number of nitrogens with one attached hydrogen (secondary N) is 1. The standard InChI is InChI=1S/C20H13ClN2O2S2/c21-18-10-9-17(27-18)16-12-26-20(22-16)23-19(24)13-5-4-8-15(11-13)25-14-6-2-1-3-7-14/h1-12H,(H,22,23,24). The molecule has 0 atom stereocenters. The lowest BCUT2D eigenvalue weighted by Crippen LogP contribution is -2.11. The number of rotatable bonds is 5. The minimum absolute atomic E-state index is 0.237. The van der Waals surface area contributed by atoms with E-state index in [0.29, 0.717) is 26.5 Å². The maximum Gasteiger partial charge on any atom is 0.257 e. The average Bonchev–Trinajstić information content (AvgIpc) is 3.32. The van der Waals surface area contributed by atoms with E-state index < -0.39 is 0 Å². The molecule has 2 aromatic carbocycles. The molecule has 0 spiro atoms. The first kappa shape index (κ1) is 17.7. The van der Waals surface area contributed by atoms with Gasteiger partial charge in [0.25, 0.3) is 5.91 Å². The molecule has 2 heterocycles.